The summed E-state index contributed by atoms with van der Waals surface area (Å²) in [6.07, 6.45) is 9.40. The second-order valence-corrected chi connectivity index (χ2v) is 12.3. The largest absolute Gasteiger partial charge is 0.474 e. The van der Waals surface area contributed by atoms with Crippen LogP contribution in [0.2, 0.25) is 0 Å². The van der Waals surface area contributed by atoms with Crippen LogP contribution < -0.4 is 10.1 Å². The molecule has 2 aliphatic rings. The first-order valence-electron chi connectivity index (χ1n) is 11.7. The zero-order valence-electron chi connectivity index (χ0n) is 19.5. The lowest BCUT2D eigenvalue weighted by atomic mass is 9.78. The molecule has 0 unspecified atom stereocenters. The summed E-state index contributed by atoms with van der Waals surface area (Å²) in [6, 6.07) is 0. The summed E-state index contributed by atoms with van der Waals surface area (Å²) >= 11 is 4.29. The van der Waals surface area contributed by atoms with Crippen LogP contribution in [-0.2, 0) is 11.2 Å². The minimum atomic E-state index is -0.492. The third kappa shape index (κ3) is 5.16. The molecule has 0 aromatic carbocycles. The molecule has 2 aromatic heterocycles. The van der Waals surface area contributed by atoms with E-state index in [9.17, 15) is 4.79 Å². The van der Waals surface area contributed by atoms with Gasteiger partial charge in [-0.1, -0.05) is 29.5 Å². The average molecular weight is 572 g/mol. The molecule has 2 aliphatic carbocycles. The molecule has 0 spiro atoms. The summed E-state index contributed by atoms with van der Waals surface area (Å²) in [5.74, 6) is 1.35. The van der Waals surface area contributed by atoms with E-state index in [4.69, 9.17) is 9.47 Å². The number of carbonyl (C=O) groups is 1. The summed E-state index contributed by atoms with van der Waals surface area (Å²) in [5.41, 5.74) is 0.730. The highest BCUT2D eigenvalue weighted by Gasteiger charge is 2.38. The highest BCUT2D eigenvalue weighted by molar-refractivity contribution is 14.1. The molecule has 0 saturated heterocycles. The Bertz CT molecular complexity index is 963. The number of nitrogens with one attached hydrogen (secondary N) is 1. The van der Waals surface area contributed by atoms with Crippen molar-refractivity contribution in [2.45, 2.75) is 102 Å². The van der Waals surface area contributed by atoms with Gasteiger partial charge in [0, 0.05) is 14.8 Å². The van der Waals surface area contributed by atoms with Crippen molar-refractivity contribution in [2.24, 2.45) is 0 Å². The number of halogens is 1. The SMILES string of the molecule is CCC1(NC(=O)OC(C)(C)C)CCC(Oc2ncnc3sc4c(c23)[C@@H](CCI)CC4)CC1. The molecule has 2 heterocycles. The van der Waals surface area contributed by atoms with E-state index in [2.05, 4.69) is 44.8 Å². The zero-order valence-corrected chi connectivity index (χ0v) is 22.5. The topological polar surface area (TPSA) is 73.3 Å². The van der Waals surface area contributed by atoms with Gasteiger partial charge in [-0.3, -0.25) is 0 Å². The molecular formula is C24H34IN3O3S. The molecule has 8 heteroatoms. The number of aryl methyl sites for hydroxylation is 1. The molecular weight excluding hydrogens is 537 g/mol. The lowest BCUT2D eigenvalue weighted by molar-refractivity contribution is 0.0355. The minimum absolute atomic E-state index is 0.105. The first-order valence-corrected chi connectivity index (χ1v) is 14.1. The van der Waals surface area contributed by atoms with Crippen molar-refractivity contribution in [3.8, 4) is 5.88 Å². The Morgan fingerprint density at radius 2 is 2.03 bits per heavy atom. The molecule has 1 atom stereocenters. The Kier molecular flexibility index (Phi) is 7.20. The standard InChI is InChI=1S/C24H34IN3O3S/c1-5-24(28-22(29)31-23(2,3)4)11-8-16(9-12-24)30-20-19-18-15(10-13-25)6-7-17(18)32-21(19)27-14-26-20/h14-16H,5-13H2,1-4H3,(H,28,29)/t15-,16?,24?/m1/s1. The lowest BCUT2D eigenvalue weighted by Gasteiger charge is -2.40. The molecule has 1 fully saturated rings. The first-order chi connectivity index (χ1) is 15.2. The van der Waals surface area contributed by atoms with Gasteiger partial charge >= 0.3 is 6.09 Å². The Balaban J connectivity index is 1.46. The van der Waals surface area contributed by atoms with E-state index in [0.29, 0.717) is 5.92 Å². The smallest absolute Gasteiger partial charge is 0.408 e. The van der Waals surface area contributed by atoms with Gasteiger partial charge < -0.3 is 14.8 Å². The molecule has 1 amide bonds. The van der Waals surface area contributed by atoms with Gasteiger partial charge in [-0.15, -0.1) is 11.3 Å². The normalized spacial score (nSPS) is 25.5. The maximum atomic E-state index is 12.4. The molecule has 2 aromatic rings. The number of aromatic nitrogens is 2. The van der Waals surface area contributed by atoms with Crippen LogP contribution in [-0.4, -0.2) is 37.7 Å². The average Bonchev–Trinajstić information content (AvgIpc) is 3.28. The first kappa shape index (κ1) is 24.0. The summed E-state index contributed by atoms with van der Waals surface area (Å²) in [4.78, 5) is 24.0. The second-order valence-electron chi connectivity index (χ2n) is 10.1. The molecule has 0 bridgehead atoms. The summed E-state index contributed by atoms with van der Waals surface area (Å²) in [7, 11) is 0. The number of thiophene rings is 1. The predicted octanol–water partition coefficient (Wildman–Crippen LogP) is 6.54. The van der Waals surface area contributed by atoms with Crippen LogP contribution in [0.5, 0.6) is 5.88 Å². The highest BCUT2D eigenvalue weighted by atomic mass is 127. The fraction of sp³-hybridized carbons (Fsp3) is 0.708. The fourth-order valence-electron chi connectivity index (χ4n) is 5.06. The van der Waals surface area contributed by atoms with E-state index in [0.717, 1.165) is 59.0 Å². The molecule has 0 radical (unpaired) electrons. The number of alkyl carbamates (subject to hydrolysis) is 1. The Morgan fingerprint density at radius 3 is 2.69 bits per heavy atom. The number of carbonyl (C=O) groups excluding carboxylic acids is 1. The van der Waals surface area contributed by atoms with Crippen molar-refractivity contribution >= 4 is 50.2 Å². The van der Waals surface area contributed by atoms with E-state index < -0.39 is 5.60 Å². The molecule has 176 valence electrons. The van der Waals surface area contributed by atoms with Gasteiger partial charge in [0.25, 0.3) is 0 Å². The van der Waals surface area contributed by atoms with Crippen molar-refractivity contribution in [1.29, 1.82) is 0 Å². The van der Waals surface area contributed by atoms with Gasteiger partial charge in [0.05, 0.1) is 5.39 Å². The zero-order chi connectivity index (χ0) is 22.9. The van der Waals surface area contributed by atoms with Crippen molar-refractivity contribution < 1.29 is 14.3 Å². The van der Waals surface area contributed by atoms with E-state index in [1.807, 2.05) is 32.1 Å². The monoisotopic (exact) mass is 571 g/mol. The van der Waals surface area contributed by atoms with Crippen LogP contribution in [0.1, 0.15) is 89.0 Å². The molecule has 1 N–H and O–H groups in total. The molecule has 4 rings (SSSR count). The summed E-state index contributed by atoms with van der Waals surface area (Å²) < 4.78 is 13.2. The van der Waals surface area contributed by atoms with Crippen LogP contribution >= 0.6 is 33.9 Å². The molecule has 6 nitrogen and oxygen atoms in total. The Morgan fingerprint density at radius 1 is 1.28 bits per heavy atom. The molecule has 32 heavy (non-hydrogen) atoms. The van der Waals surface area contributed by atoms with Crippen LogP contribution in [0.15, 0.2) is 6.33 Å². The van der Waals surface area contributed by atoms with Crippen molar-refractivity contribution in [2.75, 3.05) is 4.43 Å². The van der Waals surface area contributed by atoms with Crippen LogP contribution in [0.4, 0.5) is 4.79 Å². The van der Waals surface area contributed by atoms with Gasteiger partial charge in [-0.05, 0) is 83.6 Å². The minimum Gasteiger partial charge on any atom is -0.474 e. The van der Waals surface area contributed by atoms with Crippen LogP contribution in [0, 0.1) is 0 Å². The number of amides is 1. The fourth-order valence-corrected chi connectivity index (χ4v) is 7.04. The van der Waals surface area contributed by atoms with E-state index in [-0.39, 0.29) is 17.7 Å². The van der Waals surface area contributed by atoms with Gasteiger partial charge in [0.15, 0.2) is 0 Å². The summed E-state index contributed by atoms with van der Waals surface area (Å²) in [6.45, 7) is 7.81. The van der Waals surface area contributed by atoms with Gasteiger partial charge in [-0.2, -0.15) is 0 Å². The van der Waals surface area contributed by atoms with Crippen LogP contribution in [0.3, 0.4) is 0 Å². The lowest BCUT2D eigenvalue weighted by Crippen LogP contribution is -2.52. The predicted molar refractivity (Wildman–Crippen MR) is 137 cm³/mol. The van der Waals surface area contributed by atoms with E-state index >= 15 is 0 Å². The number of rotatable bonds is 6. The van der Waals surface area contributed by atoms with Gasteiger partial charge in [-0.25, -0.2) is 14.8 Å². The second kappa shape index (κ2) is 9.60. The Labute approximate surface area is 208 Å². The number of alkyl halides is 1. The van der Waals surface area contributed by atoms with Gasteiger partial charge in [0.1, 0.15) is 22.9 Å². The van der Waals surface area contributed by atoms with E-state index in [1.54, 1.807) is 6.33 Å². The Hall–Kier alpha value is -1.16. The van der Waals surface area contributed by atoms with Crippen molar-refractivity contribution in [3.05, 3.63) is 16.8 Å². The molecule has 0 aliphatic heterocycles. The van der Waals surface area contributed by atoms with Crippen LogP contribution in [0.25, 0.3) is 10.2 Å². The van der Waals surface area contributed by atoms with Crippen molar-refractivity contribution in [1.82, 2.24) is 15.3 Å². The third-order valence-electron chi connectivity index (χ3n) is 6.76. The van der Waals surface area contributed by atoms with Crippen molar-refractivity contribution in [3.63, 3.8) is 0 Å². The number of nitrogens with zero attached hydrogens (tertiary/aromatic N) is 2. The summed E-state index contributed by atoms with van der Waals surface area (Å²) in [5, 5.41) is 4.31. The third-order valence-corrected chi connectivity index (χ3v) is 8.56. The number of fused-ring (bicyclic) bond motifs is 3. The molecule has 1 saturated carbocycles. The van der Waals surface area contributed by atoms with Gasteiger partial charge in [0.2, 0.25) is 5.88 Å². The maximum absolute atomic E-state index is 12.4. The number of hydrogen-bond donors (Lipinski definition) is 1. The number of hydrogen-bond acceptors (Lipinski definition) is 6. The maximum Gasteiger partial charge on any atom is 0.408 e. The van der Waals surface area contributed by atoms with E-state index in [1.165, 1.54) is 23.3 Å². The highest BCUT2D eigenvalue weighted by Crippen LogP contribution is 2.47. The quantitative estimate of drug-likeness (QED) is 0.315. The number of ether oxygens (including phenoxy) is 2.